The molecule has 0 bridgehead atoms. The molecule has 0 amide bonds. The molecular formula is C34H35Br. The van der Waals surface area contributed by atoms with Crippen molar-refractivity contribution in [1.82, 2.24) is 0 Å². The monoisotopic (exact) mass is 522 g/mol. The Labute approximate surface area is 219 Å². The van der Waals surface area contributed by atoms with Gasteiger partial charge in [0, 0.05) is 15.7 Å². The smallest absolute Gasteiger partial charge is 0.0366 e. The first kappa shape index (κ1) is 23.0. The molecule has 6 rings (SSSR count). The second-order valence-corrected chi connectivity index (χ2v) is 11.8. The van der Waals surface area contributed by atoms with Gasteiger partial charge in [-0.15, -0.1) is 0 Å². The van der Waals surface area contributed by atoms with Crippen LogP contribution in [0.4, 0.5) is 0 Å². The van der Waals surface area contributed by atoms with Crippen molar-refractivity contribution in [3.8, 4) is 22.3 Å². The van der Waals surface area contributed by atoms with Crippen LogP contribution >= 0.6 is 15.9 Å². The Morgan fingerprint density at radius 2 is 1.26 bits per heavy atom. The molecule has 0 N–H and O–H groups in total. The van der Waals surface area contributed by atoms with E-state index in [-0.39, 0.29) is 10.8 Å². The molecule has 3 aliphatic rings. The van der Waals surface area contributed by atoms with Crippen molar-refractivity contribution in [3.63, 3.8) is 0 Å². The third-order valence-electron chi connectivity index (χ3n) is 9.61. The van der Waals surface area contributed by atoms with Crippen LogP contribution in [0.1, 0.15) is 82.1 Å². The molecule has 0 heterocycles. The normalized spacial score (nSPS) is 20.4. The molecule has 0 saturated heterocycles. The van der Waals surface area contributed by atoms with Crippen LogP contribution in [0.15, 0.2) is 78.4 Å². The van der Waals surface area contributed by atoms with Gasteiger partial charge in [0.15, 0.2) is 0 Å². The van der Waals surface area contributed by atoms with Gasteiger partial charge < -0.3 is 0 Å². The Bertz CT molecular complexity index is 1380. The standard InChI is InChI=1S/C34H35Br/c1-5-33(6-2)29-12-10-9-11-25(29)26-16-13-22(19-30(26)33)23-14-17-27-28-18-15-24(35)21-32(28)34(7-3,8-4)31(27)20-23/h9-20,24H,5-8,21H2,1-4H3. The number of benzene rings is 3. The van der Waals surface area contributed by atoms with E-state index in [0.29, 0.717) is 4.83 Å². The summed E-state index contributed by atoms with van der Waals surface area (Å²) >= 11 is 3.87. The topological polar surface area (TPSA) is 0 Å². The van der Waals surface area contributed by atoms with Gasteiger partial charge in [-0.25, -0.2) is 0 Å². The van der Waals surface area contributed by atoms with Crippen LogP contribution in [0, 0.1) is 0 Å². The summed E-state index contributed by atoms with van der Waals surface area (Å²) in [5, 5.41) is 0. The lowest BCUT2D eigenvalue weighted by molar-refractivity contribution is 0.463. The van der Waals surface area contributed by atoms with Gasteiger partial charge >= 0.3 is 0 Å². The maximum absolute atomic E-state index is 3.87. The SMILES string of the molecule is CCC1(CC)C2=C(C=CC(Br)C2)c2ccc(-c3ccc4c(c3)C(CC)(CC)c3ccccc3-4)cc21. The highest BCUT2D eigenvalue weighted by Gasteiger charge is 2.44. The van der Waals surface area contributed by atoms with Crippen molar-refractivity contribution in [1.29, 1.82) is 0 Å². The van der Waals surface area contributed by atoms with E-state index in [4.69, 9.17) is 0 Å². The summed E-state index contributed by atoms with van der Waals surface area (Å²) < 4.78 is 0. The van der Waals surface area contributed by atoms with E-state index in [2.05, 4.69) is 116 Å². The van der Waals surface area contributed by atoms with Gasteiger partial charge in [-0.1, -0.05) is 110 Å². The van der Waals surface area contributed by atoms with E-state index in [1.807, 2.05) is 0 Å². The van der Waals surface area contributed by atoms with Crippen molar-refractivity contribution in [2.75, 3.05) is 0 Å². The van der Waals surface area contributed by atoms with Crippen LogP contribution < -0.4 is 0 Å². The zero-order chi connectivity index (χ0) is 24.4. The molecule has 0 aliphatic heterocycles. The van der Waals surface area contributed by atoms with E-state index < -0.39 is 0 Å². The number of halogens is 1. The minimum absolute atomic E-state index is 0.117. The second kappa shape index (κ2) is 8.34. The van der Waals surface area contributed by atoms with E-state index >= 15 is 0 Å². The van der Waals surface area contributed by atoms with Crippen molar-refractivity contribution >= 4 is 21.5 Å². The number of hydrogen-bond donors (Lipinski definition) is 0. The third-order valence-corrected chi connectivity index (χ3v) is 10.2. The van der Waals surface area contributed by atoms with Crippen LogP contribution in [0.25, 0.3) is 27.8 Å². The maximum Gasteiger partial charge on any atom is 0.0366 e. The van der Waals surface area contributed by atoms with Gasteiger partial charge in [0.25, 0.3) is 0 Å². The lowest BCUT2D eigenvalue weighted by atomic mass is 9.70. The molecule has 1 heteroatoms. The van der Waals surface area contributed by atoms with Gasteiger partial charge in [-0.05, 0) is 94.3 Å². The molecule has 0 saturated carbocycles. The Balaban J connectivity index is 1.50. The summed E-state index contributed by atoms with van der Waals surface area (Å²) in [5.41, 5.74) is 15.0. The number of allylic oxidation sites excluding steroid dienone is 4. The summed E-state index contributed by atoms with van der Waals surface area (Å²) in [6, 6.07) is 23.6. The molecule has 0 fully saturated rings. The first-order valence-corrected chi connectivity index (χ1v) is 14.4. The average Bonchev–Trinajstić information content (AvgIpc) is 3.34. The molecule has 0 aromatic heterocycles. The fourth-order valence-electron chi connectivity index (χ4n) is 7.60. The molecule has 1 unspecified atom stereocenters. The molecule has 0 nitrogen and oxygen atoms in total. The second-order valence-electron chi connectivity index (χ2n) is 10.6. The Kier molecular flexibility index (Phi) is 5.49. The Morgan fingerprint density at radius 1 is 0.686 bits per heavy atom. The van der Waals surface area contributed by atoms with Gasteiger partial charge in [-0.3, -0.25) is 0 Å². The Morgan fingerprint density at radius 3 is 1.91 bits per heavy atom. The quantitative estimate of drug-likeness (QED) is 0.292. The lowest BCUT2D eigenvalue weighted by Gasteiger charge is -2.34. The Hall–Kier alpha value is -2.38. The number of alkyl halides is 1. The fourth-order valence-corrected chi connectivity index (χ4v) is 8.08. The van der Waals surface area contributed by atoms with E-state index in [1.165, 1.54) is 50.1 Å². The van der Waals surface area contributed by atoms with Crippen molar-refractivity contribution in [2.24, 2.45) is 0 Å². The third kappa shape index (κ3) is 3.03. The lowest BCUT2D eigenvalue weighted by Crippen LogP contribution is -2.26. The number of fused-ring (bicyclic) bond motifs is 5. The van der Waals surface area contributed by atoms with Crippen LogP contribution in [0.3, 0.4) is 0 Å². The van der Waals surface area contributed by atoms with Crippen molar-refractivity contribution in [2.45, 2.75) is 75.5 Å². The van der Waals surface area contributed by atoms with Gasteiger partial charge in [0.2, 0.25) is 0 Å². The van der Waals surface area contributed by atoms with Crippen LogP contribution in [-0.4, -0.2) is 4.83 Å². The molecular weight excluding hydrogens is 488 g/mol. The first-order chi connectivity index (χ1) is 17.0. The van der Waals surface area contributed by atoms with Gasteiger partial charge in [-0.2, -0.15) is 0 Å². The largest absolute Gasteiger partial charge is 0.0842 e. The highest BCUT2D eigenvalue weighted by atomic mass is 79.9. The van der Waals surface area contributed by atoms with Gasteiger partial charge in [0.1, 0.15) is 0 Å². The fraction of sp³-hybridized carbons (Fsp3) is 0.353. The predicted molar refractivity (Wildman–Crippen MR) is 154 cm³/mol. The molecule has 0 spiro atoms. The summed E-state index contributed by atoms with van der Waals surface area (Å²) in [5.74, 6) is 0. The summed E-state index contributed by atoms with van der Waals surface area (Å²) in [4.78, 5) is 0.446. The molecule has 0 radical (unpaired) electrons. The number of hydrogen-bond acceptors (Lipinski definition) is 0. The summed E-state index contributed by atoms with van der Waals surface area (Å²) in [6.45, 7) is 9.46. The zero-order valence-electron chi connectivity index (χ0n) is 21.4. The molecule has 35 heavy (non-hydrogen) atoms. The highest BCUT2D eigenvalue weighted by Crippen LogP contribution is 2.56. The van der Waals surface area contributed by atoms with Crippen LogP contribution in [-0.2, 0) is 10.8 Å². The molecule has 3 aromatic carbocycles. The minimum Gasteiger partial charge on any atom is -0.0842 e. The average molecular weight is 524 g/mol. The maximum atomic E-state index is 3.87. The van der Waals surface area contributed by atoms with E-state index in [0.717, 1.165) is 32.1 Å². The molecule has 3 aromatic rings. The predicted octanol–water partition coefficient (Wildman–Crippen LogP) is 9.99. The molecule has 3 aliphatic carbocycles. The minimum atomic E-state index is 0.117. The van der Waals surface area contributed by atoms with E-state index in [1.54, 1.807) is 5.57 Å². The van der Waals surface area contributed by atoms with Crippen molar-refractivity contribution in [3.05, 3.63) is 101 Å². The summed E-state index contributed by atoms with van der Waals surface area (Å²) in [7, 11) is 0. The van der Waals surface area contributed by atoms with Gasteiger partial charge in [0.05, 0.1) is 0 Å². The zero-order valence-corrected chi connectivity index (χ0v) is 23.0. The van der Waals surface area contributed by atoms with Crippen molar-refractivity contribution < 1.29 is 0 Å². The number of rotatable bonds is 5. The molecule has 178 valence electrons. The highest BCUT2D eigenvalue weighted by molar-refractivity contribution is 9.09. The first-order valence-electron chi connectivity index (χ1n) is 13.5. The van der Waals surface area contributed by atoms with Crippen LogP contribution in [0.2, 0.25) is 0 Å². The summed E-state index contributed by atoms with van der Waals surface area (Å²) in [6.07, 6.45) is 10.4. The molecule has 1 atom stereocenters. The van der Waals surface area contributed by atoms with E-state index in [9.17, 15) is 0 Å². The van der Waals surface area contributed by atoms with Crippen LogP contribution in [0.5, 0.6) is 0 Å².